The molecule has 0 aliphatic carbocycles. The highest BCUT2D eigenvalue weighted by Crippen LogP contribution is 2.26. The number of aliphatic hydroxyl groups is 2. The summed E-state index contributed by atoms with van der Waals surface area (Å²) in [4.78, 5) is 71.3. The molecule has 0 aromatic heterocycles. The van der Waals surface area contributed by atoms with Gasteiger partial charge in [-0.15, -0.1) is 20.5 Å². The summed E-state index contributed by atoms with van der Waals surface area (Å²) >= 11 is 0. The van der Waals surface area contributed by atoms with E-state index < -0.39 is 35.7 Å². The lowest BCUT2D eigenvalue weighted by molar-refractivity contribution is -0.117. The largest absolute Gasteiger partial charge is 0.510 e. The normalized spacial score (nSPS) is 11.6. The van der Waals surface area contributed by atoms with E-state index in [9.17, 15) is 39.0 Å². The third kappa shape index (κ3) is 11.9. The predicted octanol–water partition coefficient (Wildman–Crippen LogP) is 5.96. The minimum Gasteiger partial charge on any atom is -0.510 e. The predicted molar refractivity (Wildman–Crippen MR) is 192 cm³/mol. The molecule has 0 fully saturated rings. The van der Waals surface area contributed by atoms with Crippen LogP contribution in [0.3, 0.4) is 0 Å². The first kappa shape index (κ1) is 42.9. The van der Waals surface area contributed by atoms with Crippen molar-refractivity contribution in [3.63, 3.8) is 0 Å². The highest BCUT2D eigenvalue weighted by atomic mass is 16.5. The van der Waals surface area contributed by atoms with E-state index in [2.05, 4.69) is 45.3 Å². The fourth-order valence-corrected chi connectivity index (χ4v) is 4.00. The van der Waals surface area contributed by atoms with Gasteiger partial charge in [0.2, 0.25) is 0 Å². The Morgan fingerprint density at radius 2 is 0.963 bits per heavy atom. The van der Waals surface area contributed by atoms with Gasteiger partial charge in [-0.05, 0) is 69.3 Å². The van der Waals surface area contributed by atoms with E-state index in [0.717, 1.165) is 5.56 Å². The highest BCUT2D eigenvalue weighted by Gasteiger charge is 2.19. The number of azo groups is 2. The van der Waals surface area contributed by atoms with Gasteiger partial charge >= 0.3 is 23.9 Å². The van der Waals surface area contributed by atoms with Crippen molar-refractivity contribution < 1.29 is 57.9 Å². The smallest absolute Gasteiger partial charge is 0.340 e. The summed E-state index contributed by atoms with van der Waals surface area (Å²) in [5, 5.41) is 39.4. The Labute approximate surface area is 309 Å². The molecule has 2 amide bonds. The Morgan fingerprint density at radius 3 is 1.31 bits per heavy atom. The van der Waals surface area contributed by atoms with Gasteiger partial charge in [-0.1, -0.05) is 17.7 Å². The molecule has 4 N–H and O–H groups in total. The number of carbonyl (C=O) groups excluding carboxylic acids is 6. The first-order valence-corrected chi connectivity index (χ1v) is 15.5. The molecular formula is C36H38N6O12. The number of nitrogens with one attached hydrogen (secondary N) is 2. The number of benzene rings is 3. The lowest BCUT2D eigenvalue weighted by Gasteiger charge is -2.07. The molecule has 0 saturated carbocycles. The molecule has 18 nitrogen and oxygen atoms in total. The average Bonchev–Trinajstić information content (AvgIpc) is 3.17. The summed E-state index contributed by atoms with van der Waals surface area (Å²) < 4.78 is 18.6. The minimum atomic E-state index is -0.712. The molecule has 0 aliphatic rings. The van der Waals surface area contributed by atoms with Crippen LogP contribution in [0.1, 0.15) is 60.8 Å². The molecule has 18 heteroatoms. The molecule has 3 rings (SSSR count). The Balaban J connectivity index is 0.000000383. The van der Waals surface area contributed by atoms with Crippen LogP contribution in [0, 0.1) is 6.92 Å². The van der Waals surface area contributed by atoms with Gasteiger partial charge in [-0.3, -0.25) is 9.59 Å². The van der Waals surface area contributed by atoms with Gasteiger partial charge in [0.05, 0.1) is 50.7 Å². The Hall–Kier alpha value is -7.24. The van der Waals surface area contributed by atoms with Crippen LogP contribution in [-0.4, -0.2) is 81.4 Å². The van der Waals surface area contributed by atoms with Crippen molar-refractivity contribution in [3.05, 3.63) is 111 Å². The van der Waals surface area contributed by atoms with Gasteiger partial charge < -0.3 is 39.8 Å². The second-order valence-corrected chi connectivity index (χ2v) is 10.6. The standard InChI is InChI=1S/C21H21N3O6.C15H17N3O6/c1-12-5-8-15(9-6-12)22-19(26)18(13(2)25)24-23-17-11-14(20(27)29-3)7-10-16(17)21(28)30-4;1-8(19)12(13(20)16-2)18-17-11-7-9(14(21)23-3)5-6-10(11)15(22)24-4/h5-11,25H,1-4H3,(H,22,26);5-7,19H,1-4H3,(H,16,20). The molecule has 54 heavy (non-hydrogen) atoms. The summed E-state index contributed by atoms with van der Waals surface area (Å²) in [5.41, 5.74) is 1.05. The number of anilines is 1. The second-order valence-electron chi connectivity index (χ2n) is 10.6. The van der Waals surface area contributed by atoms with Gasteiger partial charge in [0.15, 0.2) is 11.4 Å². The molecule has 3 aromatic carbocycles. The summed E-state index contributed by atoms with van der Waals surface area (Å²) in [5.74, 6) is -4.80. The summed E-state index contributed by atoms with van der Waals surface area (Å²) in [7, 11) is 6.15. The lowest BCUT2D eigenvalue weighted by Crippen LogP contribution is -2.20. The van der Waals surface area contributed by atoms with E-state index in [4.69, 9.17) is 4.74 Å². The van der Waals surface area contributed by atoms with Crippen LogP contribution in [0.4, 0.5) is 17.1 Å². The highest BCUT2D eigenvalue weighted by molar-refractivity contribution is 6.04. The molecule has 3 aromatic rings. The van der Waals surface area contributed by atoms with Crippen LogP contribution in [0.2, 0.25) is 0 Å². The molecule has 0 aliphatic heterocycles. The first-order valence-electron chi connectivity index (χ1n) is 15.5. The maximum Gasteiger partial charge on any atom is 0.340 e. The summed E-state index contributed by atoms with van der Waals surface area (Å²) in [6, 6.07) is 14.9. The maximum absolute atomic E-state index is 12.5. The topological polar surface area (TPSA) is 253 Å². The van der Waals surface area contributed by atoms with Crippen LogP contribution in [-0.2, 0) is 28.5 Å². The van der Waals surface area contributed by atoms with Gasteiger partial charge in [-0.2, -0.15) is 0 Å². The number of hydrogen-bond acceptors (Lipinski definition) is 16. The fraction of sp³-hybridized carbons (Fsp3) is 0.222. The molecule has 0 atom stereocenters. The van der Waals surface area contributed by atoms with Crippen LogP contribution >= 0.6 is 0 Å². The molecule has 0 heterocycles. The number of methoxy groups -OCH3 is 4. The second kappa shape index (κ2) is 20.6. The number of ether oxygens (including phenoxy) is 4. The minimum absolute atomic E-state index is 0.0165. The number of carbonyl (C=O) groups is 6. The van der Waals surface area contributed by atoms with Crippen LogP contribution < -0.4 is 10.6 Å². The Bertz CT molecular complexity index is 2030. The maximum atomic E-state index is 12.5. The Kier molecular flexibility index (Phi) is 16.4. The van der Waals surface area contributed by atoms with Gasteiger partial charge in [0, 0.05) is 12.7 Å². The molecule has 0 radical (unpaired) electrons. The zero-order valence-corrected chi connectivity index (χ0v) is 30.5. The number of nitrogens with zero attached hydrogens (tertiary/aromatic N) is 4. The number of hydrogen-bond donors (Lipinski definition) is 4. The number of amides is 2. The van der Waals surface area contributed by atoms with Crippen molar-refractivity contribution in [2.24, 2.45) is 20.5 Å². The van der Waals surface area contributed by atoms with E-state index >= 15 is 0 Å². The van der Waals surface area contributed by atoms with Crippen molar-refractivity contribution >= 4 is 52.8 Å². The molecule has 0 unspecified atom stereocenters. The number of likely N-dealkylation sites (N-methyl/N-ethyl adjacent to an activating group) is 1. The van der Waals surface area contributed by atoms with Gasteiger partial charge in [0.25, 0.3) is 11.8 Å². The molecular weight excluding hydrogens is 708 g/mol. The molecule has 0 spiro atoms. The van der Waals surface area contributed by atoms with Gasteiger partial charge in [0.1, 0.15) is 22.9 Å². The Morgan fingerprint density at radius 1 is 0.574 bits per heavy atom. The van der Waals surface area contributed by atoms with Crippen LogP contribution in [0.25, 0.3) is 0 Å². The van der Waals surface area contributed by atoms with Crippen molar-refractivity contribution in [2.75, 3.05) is 40.8 Å². The quantitative estimate of drug-likeness (QED) is 0.0583. The van der Waals surface area contributed by atoms with Crippen LogP contribution in [0.5, 0.6) is 0 Å². The number of esters is 4. The number of aliphatic hydroxyl groups excluding tert-OH is 2. The summed E-state index contributed by atoms with van der Waals surface area (Å²) in [6.45, 7) is 4.44. The molecule has 284 valence electrons. The first-order chi connectivity index (χ1) is 25.6. The van der Waals surface area contributed by atoms with Crippen LogP contribution in [0.15, 0.2) is 104 Å². The van der Waals surface area contributed by atoms with E-state index in [1.807, 2.05) is 19.1 Å². The zero-order chi connectivity index (χ0) is 40.5. The van der Waals surface area contributed by atoms with Crippen molar-refractivity contribution in [1.82, 2.24) is 5.32 Å². The van der Waals surface area contributed by atoms with E-state index in [1.165, 1.54) is 85.7 Å². The van der Waals surface area contributed by atoms with Crippen molar-refractivity contribution in [3.8, 4) is 0 Å². The molecule has 0 saturated heterocycles. The van der Waals surface area contributed by atoms with E-state index in [0.29, 0.717) is 5.69 Å². The average molecular weight is 747 g/mol. The van der Waals surface area contributed by atoms with E-state index in [-0.39, 0.29) is 56.5 Å². The number of allylic oxidation sites excluding steroid dienone is 2. The third-order valence-corrected chi connectivity index (χ3v) is 6.82. The van der Waals surface area contributed by atoms with E-state index in [1.54, 1.807) is 12.1 Å². The van der Waals surface area contributed by atoms with Crippen molar-refractivity contribution in [1.29, 1.82) is 0 Å². The van der Waals surface area contributed by atoms with Gasteiger partial charge in [-0.25, -0.2) is 19.2 Å². The molecule has 0 bridgehead atoms. The zero-order valence-electron chi connectivity index (χ0n) is 30.5. The van der Waals surface area contributed by atoms with Crippen molar-refractivity contribution in [2.45, 2.75) is 20.8 Å². The fourth-order valence-electron chi connectivity index (χ4n) is 4.00. The summed E-state index contributed by atoms with van der Waals surface area (Å²) in [6.07, 6.45) is 0. The number of aryl methyl sites for hydroxylation is 1. The SMILES string of the molecule is CNC(=O)C(N=Nc1cc(C(=O)OC)ccc1C(=O)OC)=C(C)O.COC(=O)c1ccc(C(=O)OC)c(N=NC(C(=O)Nc2ccc(C)cc2)=C(C)O)c1. The third-order valence-electron chi connectivity index (χ3n) is 6.82. The lowest BCUT2D eigenvalue weighted by atomic mass is 10.1. The monoisotopic (exact) mass is 746 g/mol. The number of rotatable bonds is 11.